The molecule has 3 aromatic heterocycles. The van der Waals surface area contributed by atoms with Gasteiger partial charge in [0.2, 0.25) is 0 Å². The maximum atomic E-state index is 13.2. The Morgan fingerprint density at radius 2 is 1.92 bits per heavy atom. The zero-order valence-electron chi connectivity index (χ0n) is 22.1. The summed E-state index contributed by atoms with van der Waals surface area (Å²) in [5.74, 6) is 2.29. The van der Waals surface area contributed by atoms with Gasteiger partial charge in [-0.15, -0.1) is 5.10 Å². The molecule has 3 heterocycles. The average Bonchev–Trinajstić information content (AvgIpc) is 3.58. The molecule has 0 unspecified atom stereocenters. The molecule has 1 N–H and O–H groups in total. The maximum Gasteiger partial charge on any atom is 0.252 e. The number of methoxy groups -OCH3 is 1. The van der Waals surface area contributed by atoms with Crippen molar-refractivity contribution in [2.24, 2.45) is 0 Å². The van der Waals surface area contributed by atoms with Crippen molar-refractivity contribution in [3.63, 3.8) is 0 Å². The van der Waals surface area contributed by atoms with Crippen LogP contribution >= 0.6 is 0 Å². The summed E-state index contributed by atoms with van der Waals surface area (Å²) < 4.78 is 12.6. The topological polar surface area (TPSA) is 102 Å². The molecule has 0 amide bonds. The highest BCUT2D eigenvalue weighted by Crippen LogP contribution is 2.28. The number of nitrogens with zero attached hydrogens (tertiary/aromatic N) is 5. The molecule has 0 radical (unpaired) electrons. The minimum Gasteiger partial charge on any atom is -0.497 e. The highest BCUT2D eigenvalue weighted by Gasteiger charge is 2.26. The molecule has 0 aliphatic carbocycles. The van der Waals surface area contributed by atoms with Crippen LogP contribution in [-0.2, 0) is 19.6 Å². The van der Waals surface area contributed by atoms with Crippen LogP contribution in [0.3, 0.4) is 0 Å². The molecule has 5 rings (SSSR count). The fourth-order valence-corrected chi connectivity index (χ4v) is 5.01. The van der Waals surface area contributed by atoms with E-state index in [1.165, 1.54) is 0 Å². The molecule has 0 saturated carbocycles. The van der Waals surface area contributed by atoms with E-state index in [9.17, 15) is 4.79 Å². The first kappa shape index (κ1) is 25.4. The summed E-state index contributed by atoms with van der Waals surface area (Å²) in [5, 5.41) is 13.7. The lowest BCUT2D eigenvalue weighted by atomic mass is 10.0. The molecule has 0 spiro atoms. The molecule has 38 heavy (non-hydrogen) atoms. The Labute approximate surface area is 221 Å². The Morgan fingerprint density at radius 3 is 2.63 bits per heavy atom. The molecule has 5 aromatic rings. The maximum absolute atomic E-state index is 13.2. The monoisotopic (exact) mass is 512 g/mol. The van der Waals surface area contributed by atoms with E-state index in [2.05, 4.69) is 45.3 Å². The zero-order valence-corrected chi connectivity index (χ0v) is 22.1. The number of hydrogen-bond acceptors (Lipinski definition) is 7. The second-order valence-electron chi connectivity index (χ2n) is 9.62. The van der Waals surface area contributed by atoms with Crippen LogP contribution in [0.5, 0.6) is 5.75 Å². The number of H-pyrrole nitrogens is 1. The fraction of sp³-hybridized carbons (Fsp3) is 0.310. The SMILES string of the molecule is CC[C@@H](c1nnnn1Cc1ccco1)N(Cc1ccc(OC)cc1)Cc1cc2c(C)cc(C)cc2[nH]c1=O. The van der Waals surface area contributed by atoms with Gasteiger partial charge < -0.3 is 14.1 Å². The number of tetrazole rings is 1. The second kappa shape index (κ2) is 11.0. The van der Waals surface area contributed by atoms with Gasteiger partial charge in [-0.1, -0.05) is 25.1 Å². The second-order valence-corrected chi connectivity index (χ2v) is 9.62. The van der Waals surface area contributed by atoms with Gasteiger partial charge in [0, 0.05) is 29.6 Å². The third kappa shape index (κ3) is 5.38. The quantitative estimate of drug-likeness (QED) is 0.283. The van der Waals surface area contributed by atoms with E-state index in [0.717, 1.165) is 51.3 Å². The van der Waals surface area contributed by atoms with Gasteiger partial charge >= 0.3 is 0 Å². The summed E-state index contributed by atoms with van der Waals surface area (Å²) >= 11 is 0. The van der Waals surface area contributed by atoms with E-state index in [1.807, 2.05) is 55.5 Å². The normalized spacial score (nSPS) is 12.3. The van der Waals surface area contributed by atoms with E-state index < -0.39 is 0 Å². The zero-order chi connectivity index (χ0) is 26.6. The number of aromatic nitrogens is 5. The van der Waals surface area contributed by atoms with E-state index in [-0.39, 0.29) is 11.6 Å². The number of furan rings is 1. The van der Waals surface area contributed by atoms with Gasteiger partial charge in [0.1, 0.15) is 18.1 Å². The molecule has 2 aromatic carbocycles. The molecule has 0 bridgehead atoms. The summed E-state index contributed by atoms with van der Waals surface area (Å²) in [6.45, 7) is 7.67. The largest absolute Gasteiger partial charge is 0.497 e. The van der Waals surface area contributed by atoms with E-state index in [0.29, 0.717) is 25.2 Å². The summed E-state index contributed by atoms with van der Waals surface area (Å²) in [6, 6.07) is 17.8. The lowest BCUT2D eigenvalue weighted by Gasteiger charge is -2.30. The number of pyridine rings is 1. The van der Waals surface area contributed by atoms with Gasteiger partial charge in [-0.25, -0.2) is 4.68 Å². The van der Waals surface area contributed by atoms with Crippen molar-refractivity contribution in [1.29, 1.82) is 0 Å². The van der Waals surface area contributed by atoms with Crippen molar-refractivity contribution < 1.29 is 9.15 Å². The molecular formula is C29H32N6O3. The Kier molecular flexibility index (Phi) is 7.37. The first-order chi connectivity index (χ1) is 18.4. The Morgan fingerprint density at radius 1 is 1.11 bits per heavy atom. The number of aromatic amines is 1. The minimum atomic E-state index is -0.142. The van der Waals surface area contributed by atoms with Crippen molar-refractivity contribution >= 4 is 10.9 Å². The highest BCUT2D eigenvalue weighted by molar-refractivity contribution is 5.83. The smallest absolute Gasteiger partial charge is 0.252 e. The fourth-order valence-electron chi connectivity index (χ4n) is 5.01. The molecule has 0 aliphatic rings. The van der Waals surface area contributed by atoms with Gasteiger partial charge in [-0.2, -0.15) is 0 Å². The van der Waals surface area contributed by atoms with Crippen LogP contribution in [0.2, 0.25) is 0 Å². The molecule has 9 heteroatoms. The average molecular weight is 513 g/mol. The summed E-state index contributed by atoms with van der Waals surface area (Å²) in [6.07, 6.45) is 2.39. The summed E-state index contributed by atoms with van der Waals surface area (Å²) in [5.41, 5.74) is 4.81. The van der Waals surface area contributed by atoms with Crippen molar-refractivity contribution in [2.45, 2.75) is 52.9 Å². The minimum absolute atomic E-state index is 0.0905. The number of ether oxygens (including phenoxy) is 1. The predicted octanol–water partition coefficient (Wildman–Crippen LogP) is 4.93. The lowest BCUT2D eigenvalue weighted by Crippen LogP contribution is -2.32. The van der Waals surface area contributed by atoms with Gasteiger partial charge in [0.25, 0.3) is 5.56 Å². The molecule has 196 valence electrons. The van der Waals surface area contributed by atoms with Crippen LogP contribution < -0.4 is 10.3 Å². The van der Waals surface area contributed by atoms with E-state index >= 15 is 0 Å². The van der Waals surface area contributed by atoms with Crippen LogP contribution in [0.4, 0.5) is 0 Å². The Hall–Kier alpha value is -4.24. The number of nitrogens with one attached hydrogen (secondary N) is 1. The van der Waals surface area contributed by atoms with Crippen LogP contribution in [0.1, 0.15) is 53.2 Å². The molecule has 0 fully saturated rings. The third-order valence-corrected chi connectivity index (χ3v) is 6.88. The Bertz CT molecular complexity index is 1570. The van der Waals surface area contributed by atoms with Crippen LogP contribution in [0.25, 0.3) is 10.9 Å². The van der Waals surface area contributed by atoms with Crippen LogP contribution in [0.15, 0.2) is 70.1 Å². The summed E-state index contributed by atoms with van der Waals surface area (Å²) in [7, 11) is 1.66. The molecule has 9 nitrogen and oxygen atoms in total. The number of benzene rings is 2. The first-order valence-electron chi connectivity index (χ1n) is 12.7. The number of hydrogen-bond donors (Lipinski definition) is 1. The molecule has 0 aliphatic heterocycles. The van der Waals surface area contributed by atoms with Crippen LogP contribution in [-0.4, -0.2) is 37.2 Å². The van der Waals surface area contributed by atoms with Gasteiger partial charge in [-0.3, -0.25) is 9.69 Å². The van der Waals surface area contributed by atoms with Crippen molar-refractivity contribution in [2.75, 3.05) is 7.11 Å². The third-order valence-electron chi connectivity index (χ3n) is 6.88. The van der Waals surface area contributed by atoms with Crippen molar-refractivity contribution in [3.05, 3.63) is 105 Å². The predicted molar refractivity (Wildman–Crippen MR) is 145 cm³/mol. The highest BCUT2D eigenvalue weighted by atomic mass is 16.5. The lowest BCUT2D eigenvalue weighted by molar-refractivity contribution is 0.161. The van der Waals surface area contributed by atoms with Crippen molar-refractivity contribution in [3.8, 4) is 5.75 Å². The summed E-state index contributed by atoms with van der Waals surface area (Å²) in [4.78, 5) is 18.6. The number of fused-ring (bicyclic) bond motifs is 1. The van der Waals surface area contributed by atoms with Crippen molar-refractivity contribution in [1.82, 2.24) is 30.1 Å². The van der Waals surface area contributed by atoms with Gasteiger partial charge in [0.15, 0.2) is 5.82 Å². The van der Waals surface area contributed by atoms with Gasteiger partial charge in [-0.05, 0) is 83.8 Å². The number of aryl methyl sites for hydroxylation is 2. The molecular weight excluding hydrogens is 480 g/mol. The Balaban J connectivity index is 1.53. The molecule has 1 atom stereocenters. The molecule has 0 saturated heterocycles. The van der Waals surface area contributed by atoms with E-state index in [4.69, 9.17) is 9.15 Å². The first-order valence-corrected chi connectivity index (χ1v) is 12.7. The standard InChI is InChI=1S/C29H32N6O3/c1-5-27(28-31-32-33-35(28)18-24-7-6-12-38-24)34(16-21-8-10-23(37-4)11-9-21)17-22-15-25-20(3)13-19(2)14-26(25)30-29(22)36/h6-15,27H,5,16-18H2,1-4H3,(H,30,36)/t27-/m0/s1. The van der Waals surface area contributed by atoms with E-state index in [1.54, 1.807) is 18.1 Å². The number of rotatable bonds is 10. The van der Waals surface area contributed by atoms with Crippen LogP contribution in [0, 0.1) is 13.8 Å². The van der Waals surface area contributed by atoms with Gasteiger partial charge in [0.05, 0.1) is 19.4 Å².